The van der Waals surface area contributed by atoms with E-state index in [2.05, 4.69) is 11.2 Å². The Morgan fingerprint density at radius 1 is 1.33 bits per heavy atom. The minimum atomic E-state index is 0.920. The van der Waals surface area contributed by atoms with E-state index >= 15 is 0 Å². The number of hydrogen-bond acceptors (Lipinski definition) is 3. The predicted octanol–water partition coefficient (Wildman–Crippen LogP) is 2.71. The van der Waals surface area contributed by atoms with Crippen molar-refractivity contribution in [1.29, 1.82) is 0 Å². The molecule has 2 nitrogen and oxygen atoms in total. The fraction of sp³-hybridized carbons (Fsp3) is 0. The van der Waals surface area contributed by atoms with Crippen molar-refractivity contribution in [2.75, 3.05) is 0 Å². The van der Waals surface area contributed by atoms with Crippen molar-refractivity contribution in [2.45, 2.75) is 0 Å². The predicted molar refractivity (Wildman–Crippen MR) is 51.2 cm³/mol. The van der Waals surface area contributed by atoms with Gasteiger partial charge in [0, 0.05) is 4.70 Å². The fourth-order valence-corrected chi connectivity index (χ4v) is 1.90. The van der Waals surface area contributed by atoms with Crippen molar-refractivity contribution in [3.8, 4) is 0 Å². The van der Waals surface area contributed by atoms with Crippen molar-refractivity contribution in [1.82, 2.24) is 0 Å². The first-order valence-corrected chi connectivity index (χ1v) is 4.43. The van der Waals surface area contributed by atoms with Crippen LogP contribution in [0.1, 0.15) is 5.56 Å². The van der Waals surface area contributed by atoms with E-state index in [1.807, 2.05) is 23.6 Å². The van der Waals surface area contributed by atoms with E-state index in [-0.39, 0.29) is 0 Å². The Morgan fingerprint density at radius 3 is 3.08 bits per heavy atom. The Kier molecular flexibility index (Phi) is 1.80. The Morgan fingerprint density at radius 2 is 2.25 bits per heavy atom. The first kappa shape index (κ1) is 7.31. The van der Waals surface area contributed by atoms with Gasteiger partial charge in [-0.15, -0.1) is 11.3 Å². The molecule has 0 unspecified atom stereocenters. The zero-order chi connectivity index (χ0) is 8.39. The van der Waals surface area contributed by atoms with Crippen molar-refractivity contribution in [3.63, 3.8) is 0 Å². The molecule has 1 N–H and O–H groups in total. The molecule has 0 spiro atoms. The lowest BCUT2D eigenvalue weighted by molar-refractivity contribution is 0.322. The number of benzene rings is 1. The monoisotopic (exact) mass is 177 g/mol. The second kappa shape index (κ2) is 2.95. The van der Waals surface area contributed by atoms with Crippen molar-refractivity contribution in [2.24, 2.45) is 5.16 Å². The van der Waals surface area contributed by atoms with Crippen LogP contribution in [0, 0.1) is 0 Å². The van der Waals surface area contributed by atoms with Crippen LogP contribution in [0.5, 0.6) is 0 Å². The van der Waals surface area contributed by atoms with Gasteiger partial charge < -0.3 is 5.21 Å². The molecule has 0 saturated heterocycles. The maximum Gasteiger partial charge on any atom is 0.0734 e. The van der Waals surface area contributed by atoms with Gasteiger partial charge in [-0.1, -0.05) is 11.2 Å². The first-order valence-electron chi connectivity index (χ1n) is 3.55. The van der Waals surface area contributed by atoms with Crippen LogP contribution in [0.3, 0.4) is 0 Å². The van der Waals surface area contributed by atoms with Gasteiger partial charge in [0.25, 0.3) is 0 Å². The second-order valence-corrected chi connectivity index (χ2v) is 3.41. The molecule has 2 rings (SSSR count). The zero-order valence-corrected chi connectivity index (χ0v) is 7.08. The van der Waals surface area contributed by atoms with Gasteiger partial charge in [0.15, 0.2) is 0 Å². The Hall–Kier alpha value is -1.35. The summed E-state index contributed by atoms with van der Waals surface area (Å²) in [6, 6.07) is 8.00. The lowest BCUT2D eigenvalue weighted by Crippen LogP contribution is -1.78. The molecule has 1 aromatic carbocycles. The summed E-state index contributed by atoms with van der Waals surface area (Å²) in [6.45, 7) is 0. The summed E-state index contributed by atoms with van der Waals surface area (Å²) < 4.78 is 1.25. The molecular weight excluding hydrogens is 170 g/mol. The second-order valence-electron chi connectivity index (χ2n) is 2.46. The molecule has 0 aliphatic rings. The average Bonchev–Trinajstić information content (AvgIpc) is 2.51. The molecule has 0 fully saturated rings. The van der Waals surface area contributed by atoms with E-state index in [0.29, 0.717) is 0 Å². The van der Waals surface area contributed by atoms with Gasteiger partial charge in [0.05, 0.1) is 6.21 Å². The van der Waals surface area contributed by atoms with E-state index in [9.17, 15) is 0 Å². The highest BCUT2D eigenvalue weighted by molar-refractivity contribution is 7.17. The zero-order valence-electron chi connectivity index (χ0n) is 6.27. The average molecular weight is 177 g/mol. The first-order chi connectivity index (χ1) is 5.90. The van der Waals surface area contributed by atoms with Crippen LogP contribution in [0.15, 0.2) is 34.8 Å². The molecule has 0 radical (unpaired) electrons. The fourth-order valence-electron chi connectivity index (χ4n) is 1.13. The van der Waals surface area contributed by atoms with E-state index in [1.54, 1.807) is 11.3 Å². The Labute approximate surface area is 73.8 Å². The molecular formula is C9H7NOS. The van der Waals surface area contributed by atoms with Crippen LogP contribution in [0.25, 0.3) is 10.1 Å². The Balaban J connectivity index is 2.60. The lowest BCUT2D eigenvalue weighted by atomic mass is 10.2. The van der Waals surface area contributed by atoms with Gasteiger partial charge in [-0.25, -0.2) is 0 Å². The van der Waals surface area contributed by atoms with Gasteiger partial charge in [-0.05, 0) is 34.5 Å². The molecule has 0 amide bonds. The quantitative estimate of drug-likeness (QED) is 0.405. The third kappa shape index (κ3) is 1.19. The number of rotatable bonds is 1. The van der Waals surface area contributed by atoms with E-state index < -0.39 is 0 Å². The molecule has 1 aromatic heterocycles. The van der Waals surface area contributed by atoms with Crippen LogP contribution in [0.2, 0.25) is 0 Å². The lowest BCUT2D eigenvalue weighted by Gasteiger charge is -1.91. The molecule has 0 aliphatic heterocycles. The topological polar surface area (TPSA) is 32.6 Å². The highest BCUT2D eigenvalue weighted by Gasteiger charge is 1.94. The highest BCUT2D eigenvalue weighted by Crippen LogP contribution is 2.20. The molecule has 0 atom stereocenters. The van der Waals surface area contributed by atoms with Gasteiger partial charge in [0.2, 0.25) is 0 Å². The standard InChI is InChI=1S/C9H7NOS/c11-10-6-7-1-2-9-8(5-7)3-4-12-9/h1-6,11H/b10-6+. The summed E-state index contributed by atoms with van der Waals surface area (Å²) in [5.41, 5.74) is 0.920. The molecule has 1 heterocycles. The molecule has 60 valence electrons. The number of thiophene rings is 1. The molecule has 0 saturated carbocycles. The molecule has 0 bridgehead atoms. The molecule has 0 aliphatic carbocycles. The molecule has 2 aromatic rings. The summed E-state index contributed by atoms with van der Waals surface area (Å²) >= 11 is 1.71. The third-order valence-electron chi connectivity index (χ3n) is 1.68. The van der Waals surface area contributed by atoms with Gasteiger partial charge >= 0.3 is 0 Å². The summed E-state index contributed by atoms with van der Waals surface area (Å²) in [6.07, 6.45) is 1.43. The summed E-state index contributed by atoms with van der Waals surface area (Å²) in [7, 11) is 0. The number of hydrogen-bond donors (Lipinski definition) is 1. The summed E-state index contributed by atoms with van der Waals surface area (Å²) in [4.78, 5) is 0. The van der Waals surface area contributed by atoms with Crippen molar-refractivity contribution < 1.29 is 5.21 Å². The smallest absolute Gasteiger partial charge is 0.0734 e. The van der Waals surface area contributed by atoms with Crippen LogP contribution in [-0.4, -0.2) is 11.4 Å². The van der Waals surface area contributed by atoms with Crippen molar-refractivity contribution in [3.05, 3.63) is 35.2 Å². The SMILES string of the molecule is O/N=C/c1ccc2sccc2c1. The van der Waals surface area contributed by atoms with Gasteiger partial charge in [-0.3, -0.25) is 0 Å². The maximum atomic E-state index is 8.31. The largest absolute Gasteiger partial charge is 0.411 e. The van der Waals surface area contributed by atoms with Crippen LogP contribution >= 0.6 is 11.3 Å². The molecule has 12 heavy (non-hydrogen) atoms. The minimum Gasteiger partial charge on any atom is -0.411 e. The molecule has 3 heteroatoms. The van der Waals surface area contributed by atoms with Gasteiger partial charge in [0.1, 0.15) is 0 Å². The van der Waals surface area contributed by atoms with Crippen LogP contribution in [0.4, 0.5) is 0 Å². The van der Waals surface area contributed by atoms with Crippen molar-refractivity contribution >= 4 is 27.6 Å². The minimum absolute atomic E-state index is 0.920. The summed E-state index contributed by atoms with van der Waals surface area (Å²) in [5, 5.41) is 14.5. The van der Waals surface area contributed by atoms with E-state index in [1.165, 1.54) is 16.3 Å². The third-order valence-corrected chi connectivity index (χ3v) is 2.58. The number of nitrogens with zero attached hydrogens (tertiary/aromatic N) is 1. The summed E-state index contributed by atoms with van der Waals surface area (Å²) in [5.74, 6) is 0. The number of fused-ring (bicyclic) bond motifs is 1. The normalized spacial score (nSPS) is 11.3. The number of oxime groups is 1. The highest BCUT2D eigenvalue weighted by atomic mass is 32.1. The Bertz CT molecular complexity index is 419. The van der Waals surface area contributed by atoms with E-state index in [4.69, 9.17) is 5.21 Å². The maximum absolute atomic E-state index is 8.31. The van der Waals surface area contributed by atoms with Crippen LogP contribution in [-0.2, 0) is 0 Å². The van der Waals surface area contributed by atoms with E-state index in [0.717, 1.165) is 5.56 Å². The van der Waals surface area contributed by atoms with Crippen LogP contribution < -0.4 is 0 Å². The van der Waals surface area contributed by atoms with Gasteiger partial charge in [-0.2, -0.15) is 0 Å².